The molecule has 0 radical (unpaired) electrons. The normalized spacial score (nSPS) is 10.9. The Bertz CT molecular complexity index is 757. The van der Waals surface area contributed by atoms with E-state index in [1.165, 1.54) is 7.11 Å². The molecular formula is C13H9BrFN3O. The smallest absolute Gasteiger partial charge is 0.215 e. The lowest BCUT2D eigenvalue weighted by Crippen LogP contribution is -1.87. The number of methoxy groups -OCH3 is 1. The molecule has 0 spiro atoms. The van der Waals surface area contributed by atoms with E-state index in [2.05, 4.69) is 30.9 Å². The number of aromatic amines is 1. The van der Waals surface area contributed by atoms with Crippen LogP contribution in [0.4, 0.5) is 4.39 Å². The molecule has 19 heavy (non-hydrogen) atoms. The Balaban J connectivity index is 2.18. The van der Waals surface area contributed by atoms with Gasteiger partial charge in [-0.3, -0.25) is 0 Å². The van der Waals surface area contributed by atoms with E-state index in [-0.39, 0.29) is 5.82 Å². The Morgan fingerprint density at radius 2 is 2.05 bits per heavy atom. The molecule has 0 bridgehead atoms. The molecule has 3 aromatic rings. The Morgan fingerprint density at radius 1 is 1.21 bits per heavy atom. The van der Waals surface area contributed by atoms with Crippen LogP contribution >= 0.6 is 15.9 Å². The van der Waals surface area contributed by atoms with E-state index in [1.54, 1.807) is 30.3 Å². The predicted molar refractivity (Wildman–Crippen MR) is 73.5 cm³/mol. The van der Waals surface area contributed by atoms with Crippen molar-refractivity contribution in [3.05, 3.63) is 40.6 Å². The molecule has 0 saturated heterocycles. The molecular weight excluding hydrogens is 313 g/mol. The van der Waals surface area contributed by atoms with Gasteiger partial charge in [0.15, 0.2) is 5.65 Å². The van der Waals surface area contributed by atoms with Crippen LogP contribution in [0.2, 0.25) is 0 Å². The van der Waals surface area contributed by atoms with Crippen molar-refractivity contribution in [2.24, 2.45) is 0 Å². The molecule has 6 heteroatoms. The summed E-state index contributed by atoms with van der Waals surface area (Å²) in [6, 6.07) is 8.58. The zero-order valence-electron chi connectivity index (χ0n) is 9.95. The van der Waals surface area contributed by atoms with E-state index in [9.17, 15) is 4.39 Å². The van der Waals surface area contributed by atoms with Gasteiger partial charge in [-0.2, -0.15) is 4.98 Å². The molecule has 2 aromatic heterocycles. The molecule has 0 saturated carbocycles. The van der Waals surface area contributed by atoms with Crippen LogP contribution < -0.4 is 4.74 Å². The highest BCUT2D eigenvalue weighted by atomic mass is 79.9. The molecule has 1 N–H and O–H groups in total. The number of imidazole rings is 1. The summed E-state index contributed by atoms with van der Waals surface area (Å²) in [6.45, 7) is 0. The highest BCUT2D eigenvalue weighted by Gasteiger charge is 2.13. The predicted octanol–water partition coefficient (Wildman–Crippen LogP) is 3.54. The third kappa shape index (κ3) is 2.08. The van der Waals surface area contributed by atoms with Crippen LogP contribution in [0.5, 0.6) is 5.88 Å². The van der Waals surface area contributed by atoms with Gasteiger partial charge in [-0.15, -0.1) is 0 Å². The first-order valence-electron chi connectivity index (χ1n) is 5.54. The standard InChI is InChI=1S/C13H9BrFN3O/c1-19-10-6-5-9-13(17-10)18-12(16-9)7-3-2-4-8(14)11(7)15/h2-6H,1H3,(H,16,17,18). The summed E-state index contributed by atoms with van der Waals surface area (Å²) in [4.78, 5) is 11.5. The summed E-state index contributed by atoms with van der Waals surface area (Å²) in [7, 11) is 1.54. The van der Waals surface area contributed by atoms with Crippen molar-refractivity contribution in [1.82, 2.24) is 15.0 Å². The van der Waals surface area contributed by atoms with Crippen LogP contribution in [0.25, 0.3) is 22.6 Å². The van der Waals surface area contributed by atoms with Crippen molar-refractivity contribution in [3.8, 4) is 17.3 Å². The lowest BCUT2D eigenvalue weighted by atomic mass is 10.2. The van der Waals surface area contributed by atoms with E-state index in [0.29, 0.717) is 27.4 Å². The average molecular weight is 322 g/mol. The second-order valence-corrected chi connectivity index (χ2v) is 4.77. The van der Waals surface area contributed by atoms with E-state index in [1.807, 2.05) is 0 Å². The summed E-state index contributed by atoms with van der Waals surface area (Å²) in [5.74, 6) is 0.559. The largest absolute Gasteiger partial charge is 0.481 e. The van der Waals surface area contributed by atoms with Crippen molar-refractivity contribution in [1.29, 1.82) is 0 Å². The summed E-state index contributed by atoms with van der Waals surface area (Å²) in [6.07, 6.45) is 0. The average Bonchev–Trinajstić information content (AvgIpc) is 2.84. The molecule has 0 aliphatic heterocycles. The number of hydrogen-bond donors (Lipinski definition) is 1. The topological polar surface area (TPSA) is 50.8 Å². The highest BCUT2D eigenvalue weighted by molar-refractivity contribution is 9.10. The molecule has 0 aliphatic rings. The van der Waals surface area contributed by atoms with Crippen molar-refractivity contribution < 1.29 is 9.13 Å². The number of H-pyrrole nitrogens is 1. The van der Waals surface area contributed by atoms with Crippen LogP contribution in [-0.4, -0.2) is 22.1 Å². The van der Waals surface area contributed by atoms with E-state index < -0.39 is 0 Å². The quantitative estimate of drug-likeness (QED) is 0.785. The SMILES string of the molecule is COc1ccc2[nH]c(-c3cccc(Br)c3F)nc2n1. The maximum Gasteiger partial charge on any atom is 0.215 e. The minimum Gasteiger partial charge on any atom is -0.481 e. The number of pyridine rings is 1. The van der Waals surface area contributed by atoms with Crippen LogP contribution in [-0.2, 0) is 0 Å². The van der Waals surface area contributed by atoms with Crippen LogP contribution in [0.3, 0.4) is 0 Å². The molecule has 3 rings (SSSR count). The molecule has 1 aromatic carbocycles. The fourth-order valence-corrected chi connectivity index (χ4v) is 2.17. The molecule has 0 unspecified atom stereocenters. The second kappa shape index (κ2) is 4.62. The minimum atomic E-state index is -0.353. The first-order chi connectivity index (χ1) is 9.19. The van der Waals surface area contributed by atoms with Gasteiger partial charge in [-0.1, -0.05) is 6.07 Å². The number of ether oxygens (including phenoxy) is 1. The minimum absolute atomic E-state index is 0.353. The van der Waals surface area contributed by atoms with Gasteiger partial charge >= 0.3 is 0 Å². The number of hydrogen-bond acceptors (Lipinski definition) is 3. The van der Waals surface area contributed by atoms with E-state index in [4.69, 9.17) is 4.74 Å². The third-order valence-corrected chi connectivity index (χ3v) is 3.35. The van der Waals surface area contributed by atoms with Crippen molar-refractivity contribution >= 4 is 27.1 Å². The Kier molecular flexibility index (Phi) is 2.94. The maximum absolute atomic E-state index is 14.0. The van der Waals surface area contributed by atoms with Gasteiger partial charge in [-0.05, 0) is 34.1 Å². The van der Waals surface area contributed by atoms with Gasteiger partial charge in [0.2, 0.25) is 5.88 Å². The fourth-order valence-electron chi connectivity index (χ4n) is 1.80. The zero-order valence-corrected chi connectivity index (χ0v) is 11.5. The summed E-state index contributed by atoms with van der Waals surface area (Å²) < 4.78 is 19.4. The van der Waals surface area contributed by atoms with Gasteiger partial charge in [0.1, 0.15) is 11.6 Å². The summed E-state index contributed by atoms with van der Waals surface area (Å²) in [5, 5.41) is 0. The van der Waals surface area contributed by atoms with Crippen LogP contribution in [0.15, 0.2) is 34.8 Å². The number of fused-ring (bicyclic) bond motifs is 1. The number of aromatic nitrogens is 3. The van der Waals surface area contributed by atoms with E-state index >= 15 is 0 Å². The second-order valence-electron chi connectivity index (χ2n) is 3.91. The third-order valence-electron chi connectivity index (χ3n) is 2.74. The fraction of sp³-hybridized carbons (Fsp3) is 0.0769. The molecule has 0 atom stereocenters. The highest BCUT2D eigenvalue weighted by Crippen LogP contribution is 2.27. The summed E-state index contributed by atoms with van der Waals surface area (Å²) >= 11 is 3.16. The van der Waals surface area contributed by atoms with Crippen molar-refractivity contribution in [2.45, 2.75) is 0 Å². The number of rotatable bonds is 2. The number of benzene rings is 1. The van der Waals surface area contributed by atoms with Gasteiger partial charge in [0.05, 0.1) is 22.7 Å². The van der Waals surface area contributed by atoms with Gasteiger partial charge in [0.25, 0.3) is 0 Å². The Morgan fingerprint density at radius 3 is 2.84 bits per heavy atom. The number of nitrogens with zero attached hydrogens (tertiary/aromatic N) is 2. The van der Waals surface area contributed by atoms with Gasteiger partial charge in [0, 0.05) is 6.07 Å². The molecule has 0 fully saturated rings. The van der Waals surface area contributed by atoms with E-state index in [0.717, 1.165) is 5.52 Å². The zero-order chi connectivity index (χ0) is 13.4. The van der Waals surface area contributed by atoms with Gasteiger partial charge in [-0.25, -0.2) is 9.37 Å². The van der Waals surface area contributed by atoms with Crippen LogP contribution in [0.1, 0.15) is 0 Å². The van der Waals surface area contributed by atoms with Crippen molar-refractivity contribution in [3.63, 3.8) is 0 Å². The first kappa shape index (κ1) is 12.1. The number of halogens is 2. The van der Waals surface area contributed by atoms with Crippen molar-refractivity contribution in [2.75, 3.05) is 7.11 Å². The molecule has 2 heterocycles. The Hall–Kier alpha value is -1.95. The molecule has 0 amide bonds. The molecule has 96 valence electrons. The number of nitrogens with one attached hydrogen (secondary N) is 1. The van der Waals surface area contributed by atoms with Crippen LogP contribution in [0, 0.1) is 5.82 Å². The first-order valence-corrected chi connectivity index (χ1v) is 6.33. The lowest BCUT2D eigenvalue weighted by Gasteiger charge is -2.00. The molecule has 4 nitrogen and oxygen atoms in total. The van der Waals surface area contributed by atoms with Gasteiger partial charge < -0.3 is 9.72 Å². The Labute approximate surface area is 116 Å². The molecule has 0 aliphatic carbocycles. The maximum atomic E-state index is 14.0. The lowest BCUT2D eigenvalue weighted by molar-refractivity contribution is 0.399. The summed E-state index contributed by atoms with van der Waals surface area (Å²) in [5.41, 5.74) is 1.62. The monoisotopic (exact) mass is 321 g/mol.